The van der Waals surface area contributed by atoms with Crippen LogP contribution in [-0.4, -0.2) is 21.4 Å². The van der Waals surface area contributed by atoms with Gasteiger partial charge in [0.15, 0.2) is 0 Å². The second-order valence-electron chi connectivity index (χ2n) is 5.52. The molecule has 100 valence electrons. The number of H-pyrrole nitrogens is 1. The Labute approximate surface area is 115 Å². The lowest BCUT2D eigenvalue weighted by Crippen LogP contribution is -2.50. The van der Waals surface area contributed by atoms with Crippen molar-refractivity contribution in [3.8, 4) is 6.07 Å². The average Bonchev–Trinajstić information content (AvgIpc) is 3.08. The largest absolute Gasteiger partial charge is 0.369 e. The molecule has 6 heteroatoms. The zero-order chi connectivity index (χ0) is 13.7. The fraction of sp³-hybridized carbons (Fsp3) is 0.357. The summed E-state index contributed by atoms with van der Waals surface area (Å²) in [5.41, 5.74) is 1.74. The highest BCUT2D eigenvalue weighted by molar-refractivity contribution is 6.11. The first-order valence-corrected chi connectivity index (χ1v) is 6.67. The van der Waals surface area contributed by atoms with Crippen LogP contribution in [0, 0.1) is 17.2 Å². The predicted octanol–water partition coefficient (Wildman–Crippen LogP) is 1.99. The molecule has 20 heavy (non-hydrogen) atoms. The van der Waals surface area contributed by atoms with Gasteiger partial charge in [-0.15, -0.1) is 0 Å². The average molecular weight is 267 g/mol. The summed E-state index contributed by atoms with van der Waals surface area (Å²) < 4.78 is 0. The van der Waals surface area contributed by atoms with E-state index in [0.29, 0.717) is 18.5 Å². The first kappa shape index (κ1) is 11.3. The van der Waals surface area contributed by atoms with Crippen LogP contribution < -0.4 is 10.6 Å². The molecule has 2 atom stereocenters. The number of aromatic nitrogens is 2. The topological polar surface area (TPSA) is 93.6 Å². The maximum Gasteiger partial charge on any atom is 0.250 e. The number of aromatic amines is 1. The Kier molecular flexibility index (Phi) is 2.11. The van der Waals surface area contributed by atoms with E-state index in [-0.39, 0.29) is 11.8 Å². The Hall–Kier alpha value is -2.55. The maximum atomic E-state index is 12.4. The standard InChI is InChI=1S/C14H13N5O/c15-6-8-1-3-14(5-8)13(20)18-10-7-17-12-9(2-4-16-12)11(10)19-14/h2,4,7-8,19H,1,3,5H2,(H,16,17)(H,18,20). The number of anilines is 2. The van der Waals surface area contributed by atoms with Crippen LogP contribution in [0.25, 0.3) is 11.0 Å². The van der Waals surface area contributed by atoms with E-state index in [9.17, 15) is 4.79 Å². The van der Waals surface area contributed by atoms with Crippen molar-refractivity contribution in [2.75, 3.05) is 10.6 Å². The molecule has 3 heterocycles. The fourth-order valence-electron chi connectivity index (χ4n) is 3.25. The highest BCUT2D eigenvalue weighted by Crippen LogP contribution is 2.44. The Morgan fingerprint density at radius 1 is 1.50 bits per heavy atom. The van der Waals surface area contributed by atoms with Crippen LogP contribution in [0.1, 0.15) is 19.3 Å². The molecule has 1 aliphatic carbocycles. The molecule has 1 fully saturated rings. The Bertz CT molecular complexity index is 759. The number of amides is 1. The molecule has 3 N–H and O–H groups in total. The second kappa shape index (κ2) is 3.73. The normalized spacial score (nSPS) is 27.9. The molecule has 0 aromatic carbocycles. The van der Waals surface area contributed by atoms with Crippen molar-refractivity contribution in [3.63, 3.8) is 0 Å². The van der Waals surface area contributed by atoms with Gasteiger partial charge in [-0.1, -0.05) is 0 Å². The summed E-state index contributed by atoms with van der Waals surface area (Å²) in [6.07, 6.45) is 5.49. The van der Waals surface area contributed by atoms with Gasteiger partial charge in [0.05, 0.1) is 23.6 Å². The molecular formula is C14H13N5O. The lowest BCUT2D eigenvalue weighted by Gasteiger charge is -2.35. The van der Waals surface area contributed by atoms with Gasteiger partial charge in [0.25, 0.3) is 0 Å². The third kappa shape index (κ3) is 1.37. The van der Waals surface area contributed by atoms with Crippen molar-refractivity contribution < 1.29 is 4.79 Å². The number of hydrogen-bond donors (Lipinski definition) is 3. The third-order valence-electron chi connectivity index (χ3n) is 4.33. The quantitative estimate of drug-likeness (QED) is 0.680. The minimum absolute atomic E-state index is 0.0561. The van der Waals surface area contributed by atoms with Crippen molar-refractivity contribution in [3.05, 3.63) is 18.5 Å². The van der Waals surface area contributed by atoms with Crippen LogP contribution >= 0.6 is 0 Å². The molecule has 4 rings (SSSR count). The van der Waals surface area contributed by atoms with E-state index in [4.69, 9.17) is 5.26 Å². The fourth-order valence-corrected chi connectivity index (χ4v) is 3.25. The van der Waals surface area contributed by atoms with Crippen molar-refractivity contribution >= 4 is 28.3 Å². The van der Waals surface area contributed by atoms with Crippen LogP contribution in [0.5, 0.6) is 0 Å². The zero-order valence-corrected chi connectivity index (χ0v) is 10.7. The van der Waals surface area contributed by atoms with Gasteiger partial charge in [-0.2, -0.15) is 5.26 Å². The number of pyridine rings is 1. The van der Waals surface area contributed by atoms with E-state index in [1.807, 2.05) is 12.3 Å². The molecule has 0 saturated heterocycles. The van der Waals surface area contributed by atoms with E-state index in [1.54, 1.807) is 6.20 Å². The Balaban J connectivity index is 1.83. The first-order valence-electron chi connectivity index (χ1n) is 6.67. The first-order chi connectivity index (χ1) is 9.72. The minimum atomic E-state index is -0.654. The Morgan fingerprint density at radius 3 is 3.20 bits per heavy atom. The number of fused-ring (bicyclic) bond motifs is 3. The van der Waals surface area contributed by atoms with Gasteiger partial charge in [-0.25, -0.2) is 4.98 Å². The van der Waals surface area contributed by atoms with E-state index < -0.39 is 5.54 Å². The van der Waals surface area contributed by atoms with Crippen molar-refractivity contribution in [1.29, 1.82) is 5.26 Å². The van der Waals surface area contributed by atoms with Crippen LogP contribution in [0.4, 0.5) is 11.4 Å². The van der Waals surface area contributed by atoms with Gasteiger partial charge in [0, 0.05) is 17.5 Å². The molecule has 1 spiro atoms. The monoisotopic (exact) mass is 267 g/mol. The molecule has 1 aliphatic heterocycles. The van der Waals surface area contributed by atoms with Gasteiger partial charge in [-0.3, -0.25) is 4.79 Å². The summed E-state index contributed by atoms with van der Waals surface area (Å²) in [4.78, 5) is 19.7. The van der Waals surface area contributed by atoms with Gasteiger partial charge >= 0.3 is 0 Å². The Morgan fingerprint density at radius 2 is 2.40 bits per heavy atom. The number of carbonyl (C=O) groups is 1. The summed E-state index contributed by atoms with van der Waals surface area (Å²) in [5.74, 6) is -0.113. The molecule has 2 unspecified atom stereocenters. The maximum absolute atomic E-state index is 12.4. The van der Waals surface area contributed by atoms with Gasteiger partial charge in [0.2, 0.25) is 5.91 Å². The van der Waals surface area contributed by atoms with E-state index >= 15 is 0 Å². The predicted molar refractivity (Wildman–Crippen MR) is 74.0 cm³/mol. The van der Waals surface area contributed by atoms with Crippen LogP contribution in [0.3, 0.4) is 0 Å². The molecule has 0 radical (unpaired) electrons. The third-order valence-corrected chi connectivity index (χ3v) is 4.33. The van der Waals surface area contributed by atoms with Crippen molar-refractivity contribution in [1.82, 2.24) is 9.97 Å². The molecule has 2 aromatic rings. The molecule has 2 aliphatic rings. The van der Waals surface area contributed by atoms with Crippen molar-refractivity contribution in [2.24, 2.45) is 5.92 Å². The smallest absolute Gasteiger partial charge is 0.250 e. The lowest BCUT2D eigenvalue weighted by atomic mass is 9.91. The van der Waals surface area contributed by atoms with Crippen LogP contribution in [0.15, 0.2) is 18.5 Å². The highest BCUT2D eigenvalue weighted by Gasteiger charge is 2.48. The summed E-state index contributed by atoms with van der Waals surface area (Å²) in [6, 6.07) is 4.21. The van der Waals surface area contributed by atoms with E-state index in [1.165, 1.54) is 0 Å². The zero-order valence-electron chi connectivity index (χ0n) is 10.7. The molecular weight excluding hydrogens is 254 g/mol. The van der Waals surface area contributed by atoms with Gasteiger partial charge < -0.3 is 15.6 Å². The van der Waals surface area contributed by atoms with Crippen LogP contribution in [-0.2, 0) is 4.79 Å². The molecule has 1 amide bonds. The number of nitrogens with one attached hydrogen (secondary N) is 3. The van der Waals surface area contributed by atoms with Gasteiger partial charge in [0.1, 0.15) is 11.2 Å². The molecule has 2 aromatic heterocycles. The minimum Gasteiger partial charge on any atom is -0.369 e. The summed E-state index contributed by atoms with van der Waals surface area (Å²) >= 11 is 0. The van der Waals surface area contributed by atoms with Gasteiger partial charge in [-0.05, 0) is 25.3 Å². The number of nitrogens with zero attached hydrogens (tertiary/aromatic N) is 2. The molecule has 6 nitrogen and oxygen atoms in total. The summed E-state index contributed by atoms with van der Waals surface area (Å²) in [5, 5.41) is 16.4. The highest BCUT2D eigenvalue weighted by atomic mass is 16.2. The number of rotatable bonds is 0. The van der Waals surface area contributed by atoms with E-state index in [2.05, 4.69) is 26.7 Å². The van der Waals surface area contributed by atoms with Crippen molar-refractivity contribution in [2.45, 2.75) is 24.8 Å². The second-order valence-corrected chi connectivity index (χ2v) is 5.52. The number of carbonyl (C=O) groups excluding carboxylic acids is 1. The van der Waals surface area contributed by atoms with Crippen LogP contribution in [0.2, 0.25) is 0 Å². The summed E-state index contributed by atoms with van der Waals surface area (Å²) in [6.45, 7) is 0. The SMILES string of the molecule is N#CC1CCC2(C1)Nc1c(cnc3[nH]ccc13)NC2=O. The molecule has 0 bridgehead atoms. The number of nitriles is 1. The lowest BCUT2D eigenvalue weighted by molar-refractivity contribution is -0.120. The number of hydrogen-bond acceptors (Lipinski definition) is 4. The van der Waals surface area contributed by atoms with E-state index in [0.717, 1.165) is 23.1 Å². The molecule has 1 saturated carbocycles. The summed E-state index contributed by atoms with van der Waals surface area (Å²) in [7, 11) is 0.